The molecule has 1 aliphatic carbocycles. The highest BCUT2D eigenvalue weighted by molar-refractivity contribution is 5.79. The molecule has 2 heteroatoms. The maximum Gasteiger partial charge on any atom is 0.0705 e. The fourth-order valence-electron chi connectivity index (χ4n) is 3.85. The first-order valence-corrected chi connectivity index (χ1v) is 7.64. The topological polar surface area (TPSA) is 24.9 Å². The van der Waals surface area contributed by atoms with Crippen molar-refractivity contribution in [2.75, 3.05) is 7.05 Å². The fraction of sp³-hybridized carbons (Fsp3) is 0.500. The molecule has 0 radical (unpaired) electrons. The number of hydrogen-bond acceptors (Lipinski definition) is 2. The number of pyridine rings is 1. The average Bonchev–Trinajstić information content (AvgIpc) is 2.79. The van der Waals surface area contributed by atoms with Crippen LogP contribution in [0, 0.1) is 11.3 Å². The van der Waals surface area contributed by atoms with E-state index in [0.717, 1.165) is 5.52 Å². The highest BCUT2D eigenvalue weighted by Gasteiger charge is 2.39. The minimum atomic E-state index is 0.423. The normalized spacial score (nSPS) is 23.1. The number of benzene rings is 1. The molecule has 2 nitrogen and oxygen atoms in total. The van der Waals surface area contributed by atoms with E-state index < -0.39 is 0 Å². The molecule has 0 amide bonds. The molecule has 2 aromatic rings. The maximum absolute atomic E-state index is 4.49. The molecule has 1 aliphatic rings. The third-order valence-electron chi connectivity index (χ3n) is 5.04. The van der Waals surface area contributed by atoms with E-state index in [-0.39, 0.29) is 0 Å². The molecule has 3 rings (SSSR count). The maximum atomic E-state index is 4.49. The number of rotatable bonds is 3. The minimum Gasteiger partial charge on any atom is -0.313 e. The second kappa shape index (κ2) is 5.17. The SMILES string of the molecule is CNC(c1ccc2cccnc2c1)C1CCCC1(C)C. The predicted molar refractivity (Wildman–Crippen MR) is 84.7 cm³/mol. The van der Waals surface area contributed by atoms with Gasteiger partial charge < -0.3 is 5.32 Å². The standard InChI is InChI=1S/C18H24N2/c1-18(2)10-4-7-15(18)17(19-3)14-9-8-13-6-5-11-20-16(13)12-14/h5-6,8-9,11-12,15,17,19H,4,7,10H2,1-3H3. The van der Waals surface area contributed by atoms with Gasteiger partial charge in [-0.25, -0.2) is 0 Å². The van der Waals surface area contributed by atoms with Gasteiger partial charge in [0.15, 0.2) is 0 Å². The summed E-state index contributed by atoms with van der Waals surface area (Å²) in [6.07, 6.45) is 5.88. The summed E-state index contributed by atoms with van der Waals surface area (Å²) in [5.74, 6) is 0.702. The Hall–Kier alpha value is -1.41. The Morgan fingerprint density at radius 3 is 2.85 bits per heavy atom. The van der Waals surface area contributed by atoms with Gasteiger partial charge in [0.2, 0.25) is 0 Å². The van der Waals surface area contributed by atoms with Crippen molar-refractivity contribution in [3.63, 3.8) is 0 Å². The van der Waals surface area contributed by atoms with E-state index in [9.17, 15) is 0 Å². The third kappa shape index (κ3) is 2.33. The molecule has 1 saturated carbocycles. The Morgan fingerprint density at radius 2 is 2.15 bits per heavy atom. The molecule has 0 spiro atoms. The van der Waals surface area contributed by atoms with Crippen molar-refractivity contribution in [3.8, 4) is 0 Å². The van der Waals surface area contributed by atoms with Gasteiger partial charge in [-0.2, -0.15) is 0 Å². The third-order valence-corrected chi connectivity index (χ3v) is 5.04. The lowest BCUT2D eigenvalue weighted by Crippen LogP contribution is -2.32. The first-order valence-electron chi connectivity index (χ1n) is 7.64. The summed E-state index contributed by atoms with van der Waals surface area (Å²) in [5, 5.41) is 4.77. The van der Waals surface area contributed by atoms with Gasteiger partial charge in [-0.3, -0.25) is 4.98 Å². The smallest absolute Gasteiger partial charge is 0.0705 e. The van der Waals surface area contributed by atoms with Gasteiger partial charge in [-0.15, -0.1) is 0 Å². The van der Waals surface area contributed by atoms with Gasteiger partial charge in [-0.1, -0.05) is 38.5 Å². The van der Waals surface area contributed by atoms with Crippen LogP contribution in [0.25, 0.3) is 10.9 Å². The van der Waals surface area contributed by atoms with Crippen molar-refractivity contribution in [2.24, 2.45) is 11.3 Å². The molecule has 0 saturated heterocycles. The number of hydrogen-bond donors (Lipinski definition) is 1. The number of aromatic nitrogens is 1. The molecular weight excluding hydrogens is 244 g/mol. The van der Waals surface area contributed by atoms with Gasteiger partial charge in [0.05, 0.1) is 5.52 Å². The van der Waals surface area contributed by atoms with Crippen LogP contribution < -0.4 is 5.32 Å². The monoisotopic (exact) mass is 268 g/mol. The van der Waals surface area contributed by atoms with E-state index in [1.807, 2.05) is 12.3 Å². The van der Waals surface area contributed by atoms with Gasteiger partial charge in [0.1, 0.15) is 0 Å². The highest BCUT2D eigenvalue weighted by atomic mass is 14.9. The largest absolute Gasteiger partial charge is 0.313 e. The van der Waals surface area contributed by atoms with Gasteiger partial charge in [0.25, 0.3) is 0 Å². The zero-order chi connectivity index (χ0) is 14.2. The Morgan fingerprint density at radius 1 is 1.30 bits per heavy atom. The Bertz CT molecular complexity index is 603. The second-order valence-electron chi connectivity index (χ2n) is 6.71. The summed E-state index contributed by atoms with van der Waals surface area (Å²) in [7, 11) is 2.09. The average molecular weight is 268 g/mol. The van der Waals surface area contributed by atoms with Crippen molar-refractivity contribution in [1.29, 1.82) is 0 Å². The number of nitrogens with one attached hydrogen (secondary N) is 1. The van der Waals surface area contributed by atoms with Crippen LogP contribution in [0.5, 0.6) is 0 Å². The van der Waals surface area contributed by atoms with Crippen LogP contribution in [-0.4, -0.2) is 12.0 Å². The lowest BCUT2D eigenvalue weighted by Gasteiger charge is -2.34. The molecule has 1 heterocycles. The zero-order valence-corrected chi connectivity index (χ0v) is 12.7. The Kier molecular flexibility index (Phi) is 3.51. The Balaban J connectivity index is 1.99. The van der Waals surface area contributed by atoms with Crippen molar-refractivity contribution in [2.45, 2.75) is 39.2 Å². The van der Waals surface area contributed by atoms with Gasteiger partial charge in [-0.05, 0) is 48.9 Å². The quantitative estimate of drug-likeness (QED) is 0.896. The van der Waals surface area contributed by atoms with Crippen LogP contribution in [0.2, 0.25) is 0 Å². The molecule has 1 N–H and O–H groups in total. The summed E-state index contributed by atoms with van der Waals surface area (Å²) < 4.78 is 0. The first-order chi connectivity index (χ1) is 9.62. The molecule has 1 aromatic heterocycles. The van der Waals surface area contributed by atoms with Crippen LogP contribution in [-0.2, 0) is 0 Å². The van der Waals surface area contributed by atoms with E-state index >= 15 is 0 Å². The van der Waals surface area contributed by atoms with E-state index in [2.05, 4.69) is 55.5 Å². The van der Waals surface area contributed by atoms with E-state index in [1.54, 1.807) is 0 Å². The Labute approximate surface area is 121 Å². The van der Waals surface area contributed by atoms with E-state index in [0.29, 0.717) is 17.4 Å². The van der Waals surface area contributed by atoms with Gasteiger partial charge >= 0.3 is 0 Å². The van der Waals surface area contributed by atoms with Crippen molar-refractivity contribution in [1.82, 2.24) is 10.3 Å². The minimum absolute atomic E-state index is 0.423. The second-order valence-corrected chi connectivity index (χ2v) is 6.71. The van der Waals surface area contributed by atoms with Crippen LogP contribution >= 0.6 is 0 Å². The lowest BCUT2D eigenvalue weighted by atomic mass is 9.75. The lowest BCUT2D eigenvalue weighted by molar-refractivity contribution is 0.204. The predicted octanol–water partition coefficient (Wildman–Crippen LogP) is 4.32. The highest BCUT2D eigenvalue weighted by Crippen LogP contribution is 2.48. The van der Waals surface area contributed by atoms with Crippen molar-refractivity contribution >= 4 is 10.9 Å². The molecule has 1 aromatic carbocycles. The first kappa shape index (κ1) is 13.6. The molecule has 0 aliphatic heterocycles. The van der Waals surface area contributed by atoms with Crippen LogP contribution in [0.4, 0.5) is 0 Å². The summed E-state index contributed by atoms with van der Waals surface area (Å²) in [6.45, 7) is 4.82. The summed E-state index contributed by atoms with van der Waals surface area (Å²) in [5.41, 5.74) is 2.90. The molecule has 1 fully saturated rings. The van der Waals surface area contributed by atoms with Crippen molar-refractivity contribution in [3.05, 3.63) is 42.1 Å². The number of nitrogens with zero attached hydrogens (tertiary/aromatic N) is 1. The van der Waals surface area contributed by atoms with Crippen LogP contribution in [0.1, 0.15) is 44.7 Å². The molecule has 2 atom stereocenters. The van der Waals surface area contributed by atoms with Crippen molar-refractivity contribution < 1.29 is 0 Å². The fourth-order valence-corrected chi connectivity index (χ4v) is 3.85. The van der Waals surface area contributed by atoms with E-state index in [4.69, 9.17) is 0 Å². The van der Waals surface area contributed by atoms with Gasteiger partial charge in [0, 0.05) is 17.6 Å². The summed E-state index contributed by atoms with van der Waals surface area (Å²) >= 11 is 0. The molecule has 20 heavy (non-hydrogen) atoms. The molecule has 0 bridgehead atoms. The summed E-state index contributed by atoms with van der Waals surface area (Å²) in [6, 6.07) is 11.3. The number of fused-ring (bicyclic) bond motifs is 1. The summed E-state index contributed by atoms with van der Waals surface area (Å²) in [4.78, 5) is 4.49. The zero-order valence-electron chi connectivity index (χ0n) is 12.7. The molecule has 2 unspecified atom stereocenters. The van der Waals surface area contributed by atoms with Crippen LogP contribution in [0.3, 0.4) is 0 Å². The molecule has 106 valence electrons. The molecular formula is C18H24N2. The van der Waals surface area contributed by atoms with E-state index in [1.165, 1.54) is 30.2 Å². The van der Waals surface area contributed by atoms with Crippen LogP contribution in [0.15, 0.2) is 36.5 Å².